The summed E-state index contributed by atoms with van der Waals surface area (Å²) in [7, 11) is 0. The van der Waals surface area contributed by atoms with E-state index in [1.807, 2.05) is 17.5 Å². The van der Waals surface area contributed by atoms with Gasteiger partial charge in [0.15, 0.2) is 0 Å². The van der Waals surface area contributed by atoms with Crippen molar-refractivity contribution in [1.29, 1.82) is 0 Å². The number of thiophene rings is 1. The predicted octanol–water partition coefficient (Wildman–Crippen LogP) is 4.61. The lowest BCUT2D eigenvalue weighted by Crippen LogP contribution is -1.93. The molecule has 0 aliphatic carbocycles. The lowest BCUT2D eigenvalue weighted by atomic mass is 10.1. The molecular weight excluding hydrogens is 248 g/mol. The van der Waals surface area contributed by atoms with Crippen LogP contribution in [0.2, 0.25) is 0 Å². The van der Waals surface area contributed by atoms with E-state index >= 15 is 0 Å². The molecule has 0 radical (unpaired) electrons. The Balaban J connectivity index is 2.28. The number of benzene rings is 1. The van der Waals surface area contributed by atoms with Crippen molar-refractivity contribution < 1.29 is 4.79 Å². The second-order valence-corrected chi connectivity index (χ2v) is 6.03. The molecular formula is C14H14OS2. The fraction of sp³-hybridized carbons (Fsp3) is 0.214. The Morgan fingerprint density at radius 1 is 1.18 bits per heavy atom. The minimum Gasteiger partial charge on any atom is -0.280 e. The largest absolute Gasteiger partial charge is 0.280 e. The number of aryl methyl sites for hydroxylation is 3. The number of carbonyl (C=O) groups excluding carboxylic acids is 1. The molecule has 0 saturated carbocycles. The molecule has 0 aliphatic rings. The number of hydrogen-bond acceptors (Lipinski definition) is 3. The van der Waals surface area contributed by atoms with Crippen LogP contribution in [0.25, 0.3) is 0 Å². The maximum Gasteiger partial charge on any atom is 0.234 e. The zero-order chi connectivity index (χ0) is 12.4. The van der Waals surface area contributed by atoms with Gasteiger partial charge in [-0.05, 0) is 55.1 Å². The first-order valence-corrected chi connectivity index (χ1v) is 7.11. The van der Waals surface area contributed by atoms with Gasteiger partial charge in [0.1, 0.15) is 0 Å². The molecule has 2 rings (SSSR count). The zero-order valence-corrected chi connectivity index (χ0v) is 11.7. The summed E-state index contributed by atoms with van der Waals surface area (Å²) >= 11 is 2.83. The molecule has 0 unspecified atom stereocenters. The van der Waals surface area contributed by atoms with E-state index in [9.17, 15) is 4.79 Å². The molecule has 0 amide bonds. The van der Waals surface area contributed by atoms with E-state index in [-0.39, 0.29) is 5.12 Å². The Morgan fingerprint density at radius 2 is 1.82 bits per heavy atom. The molecule has 1 heterocycles. The summed E-state index contributed by atoms with van der Waals surface area (Å²) in [5.74, 6) is 0. The van der Waals surface area contributed by atoms with Crippen LogP contribution in [-0.4, -0.2) is 5.12 Å². The van der Waals surface area contributed by atoms with Crippen LogP contribution in [0.3, 0.4) is 0 Å². The zero-order valence-electron chi connectivity index (χ0n) is 10.1. The van der Waals surface area contributed by atoms with Crippen LogP contribution < -0.4 is 0 Å². The molecule has 0 aliphatic heterocycles. The van der Waals surface area contributed by atoms with Crippen LogP contribution in [0.5, 0.6) is 0 Å². The molecule has 17 heavy (non-hydrogen) atoms. The molecule has 88 valence electrons. The predicted molar refractivity (Wildman–Crippen MR) is 75.2 cm³/mol. The highest BCUT2D eigenvalue weighted by Gasteiger charge is 2.12. The van der Waals surface area contributed by atoms with Gasteiger partial charge in [-0.25, -0.2) is 0 Å². The molecule has 0 spiro atoms. The fourth-order valence-electron chi connectivity index (χ4n) is 1.87. The third-order valence-electron chi connectivity index (χ3n) is 2.52. The van der Waals surface area contributed by atoms with Gasteiger partial charge in [0.25, 0.3) is 0 Å². The van der Waals surface area contributed by atoms with Gasteiger partial charge in [-0.2, -0.15) is 0 Å². The Kier molecular flexibility index (Phi) is 3.69. The molecule has 0 fully saturated rings. The first-order chi connectivity index (χ1) is 8.08. The third-order valence-corrected chi connectivity index (χ3v) is 4.77. The SMILES string of the molecule is Cc1cc(C)c(SC(=O)c2cccs2)c(C)c1. The molecule has 1 nitrogen and oxygen atoms in total. The Hall–Kier alpha value is -1.06. The van der Waals surface area contributed by atoms with Gasteiger partial charge in [-0.15, -0.1) is 11.3 Å². The van der Waals surface area contributed by atoms with Crippen molar-refractivity contribution in [3.63, 3.8) is 0 Å². The number of carbonyl (C=O) groups is 1. The van der Waals surface area contributed by atoms with Gasteiger partial charge >= 0.3 is 0 Å². The smallest absolute Gasteiger partial charge is 0.234 e. The van der Waals surface area contributed by atoms with E-state index < -0.39 is 0 Å². The highest BCUT2D eigenvalue weighted by atomic mass is 32.2. The summed E-state index contributed by atoms with van der Waals surface area (Å²) < 4.78 is 0. The molecule has 3 heteroatoms. The van der Waals surface area contributed by atoms with Crippen molar-refractivity contribution in [2.45, 2.75) is 25.7 Å². The lowest BCUT2D eigenvalue weighted by molar-refractivity contribution is 0.109. The highest BCUT2D eigenvalue weighted by molar-refractivity contribution is 8.14. The average molecular weight is 262 g/mol. The van der Waals surface area contributed by atoms with Gasteiger partial charge in [-0.3, -0.25) is 4.79 Å². The fourth-order valence-corrected chi connectivity index (χ4v) is 3.49. The van der Waals surface area contributed by atoms with E-state index in [1.54, 1.807) is 0 Å². The molecule has 0 bridgehead atoms. The maximum absolute atomic E-state index is 12.0. The summed E-state index contributed by atoms with van der Waals surface area (Å²) in [6.45, 7) is 6.20. The number of rotatable bonds is 2. The first-order valence-electron chi connectivity index (χ1n) is 5.41. The Morgan fingerprint density at radius 3 is 2.35 bits per heavy atom. The molecule has 2 aromatic rings. The van der Waals surface area contributed by atoms with Gasteiger partial charge < -0.3 is 0 Å². The minimum atomic E-state index is 0.134. The van der Waals surface area contributed by atoms with E-state index in [4.69, 9.17) is 0 Å². The third kappa shape index (κ3) is 2.79. The Bertz CT molecular complexity index is 518. The van der Waals surface area contributed by atoms with Crippen LogP contribution in [0.4, 0.5) is 0 Å². The Labute approximate surface area is 110 Å². The van der Waals surface area contributed by atoms with Gasteiger partial charge in [0.2, 0.25) is 5.12 Å². The molecule has 1 aromatic heterocycles. The van der Waals surface area contributed by atoms with Crippen molar-refractivity contribution >= 4 is 28.2 Å². The monoisotopic (exact) mass is 262 g/mol. The molecule has 1 aromatic carbocycles. The lowest BCUT2D eigenvalue weighted by Gasteiger charge is -2.09. The van der Waals surface area contributed by atoms with Crippen LogP contribution in [0.15, 0.2) is 34.5 Å². The second-order valence-electron chi connectivity index (χ2n) is 4.09. The van der Waals surface area contributed by atoms with E-state index in [2.05, 4.69) is 32.9 Å². The molecule has 0 N–H and O–H groups in total. The quantitative estimate of drug-likeness (QED) is 0.735. The summed E-state index contributed by atoms with van der Waals surface area (Å²) in [6.07, 6.45) is 0. The van der Waals surface area contributed by atoms with Crippen molar-refractivity contribution in [2.24, 2.45) is 0 Å². The van der Waals surface area contributed by atoms with Gasteiger partial charge in [0, 0.05) is 4.90 Å². The first kappa shape index (κ1) is 12.4. The maximum atomic E-state index is 12.0. The van der Waals surface area contributed by atoms with Crippen LogP contribution in [0.1, 0.15) is 26.4 Å². The van der Waals surface area contributed by atoms with Crippen LogP contribution in [0, 0.1) is 20.8 Å². The van der Waals surface area contributed by atoms with E-state index in [0.717, 1.165) is 9.77 Å². The van der Waals surface area contributed by atoms with Crippen molar-refractivity contribution in [3.8, 4) is 0 Å². The highest BCUT2D eigenvalue weighted by Crippen LogP contribution is 2.31. The standard InChI is InChI=1S/C14H14OS2/c1-9-7-10(2)13(11(3)8-9)17-14(15)12-5-4-6-16-12/h4-8H,1-3H3. The normalized spacial score (nSPS) is 10.5. The molecule has 0 saturated heterocycles. The van der Waals surface area contributed by atoms with E-state index in [0.29, 0.717) is 0 Å². The van der Waals surface area contributed by atoms with Crippen LogP contribution in [-0.2, 0) is 0 Å². The summed E-state index contributed by atoms with van der Waals surface area (Å²) in [5.41, 5.74) is 3.60. The molecule has 0 atom stereocenters. The number of hydrogen-bond donors (Lipinski definition) is 0. The van der Waals surface area contributed by atoms with Crippen LogP contribution >= 0.6 is 23.1 Å². The summed E-state index contributed by atoms with van der Waals surface area (Å²) in [5, 5.41) is 2.07. The topological polar surface area (TPSA) is 17.1 Å². The van der Waals surface area contributed by atoms with E-state index in [1.165, 1.54) is 39.8 Å². The van der Waals surface area contributed by atoms with Crippen molar-refractivity contribution in [2.75, 3.05) is 0 Å². The summed E-state index contributed by atoms with van der Waals surface area (Å²) in [4.78, 5) is 13.9. The van der Waals surface area contributed by atoms with Crippen molar-refractivity contribution in [1.82, 2.24) is 0 Å². The van der Waals surface area contributed by atoms with Gasteiger partial charge in [0.05, 0.1) is 4.88 Å². The van der Waals surface area contributed by atoms with Crippen molar-refractivity contribution in [3.05, 3.63) is 51.2 Å². The minimum absolute atomic E-state index is 0.134. The average Bonchev–Trinajstić information content (AvgIpc) is 2.76. The van der Waals surface area contributed by atoms with Gasteiger partial charge in [-0.1, -0.05) is 23.8 Å². The summed E-state index contributed by atoms with van der Waals surface area (Å²) in [6, 6.07) is 8.03. The number of thioether (sulfide) groups is 1. The second kappa shape index (κ2) is 5.07.